The van der Waals surface area contributed by atoms with Gasteiger partial charge in [-0.1, -0.05) is 19.4 Å². The maximum absolute atomic E-state index is 9.31. The van der Waals surface area contributed by atoms with Crippen LogP contribution >= 0.6 is 0 Å². The molecule has 4 nitrogen and oxygen atoms in total. The number of aliphatic hydroxyl groups excluding tert-OH is 1. The van der Waals surface area contributed by atoms with Crippen LogP contribution in [0.4, 0.5) is 0 Å². The zero-order valence-electron chi connectivity index (χ0n) is 8.27. The third-order valence-electron chi connectivity index (χ3n) is 1.77. The fraction of sp³-hybridized carbons (Fsp3) is 0.500. The summed E-state index contributed by atoms with van der Waals surface area (Å²) in [4.78, 5) is 0. The lowest BCUT2D eigenvalue weighted by Crippen LogP contribution is -1.96. The molecule has 1 atom stereocenters. The quantitative estimate of drug-likeness (QED) is 0.560. The van der Waals surface area contributed by atoms with E-state index >= 15 is 0 Å². The molecular weight excluding hydrogens is 182 g/mol. The first-order valence-corrected chi connectivity index (χ1v) is 4.68. The number of rotatable bonds is 6. The Morgan fingerprint density at radius 1 is 1.79 bits per heavy atom. The molecule has 0 saturated heterocycles. The van der Waals surface area contributed by atoms with Gasteiger partial charge >= 0.3 is 0 Å². The lowest BCUT2D eigenvalue weighted by atomic mass is 10.3. The molecule has 4 heteroatoms. The first-order valence-electron chi connectivity index (χ1n) is 4.68. The van der Waals surface area contributed by atoms with Crippen molar-refractivity contribution in [3.8, 4) is 5.88 Å². The fourth-order valence-electron chi connectivity index (χ4n) is 0.917. The minimum absolute atomic E-state index is 0.353. The van der Waals surface area contributed by atoms with Gasteiger partial charge < -0.3 is 14.4 Å². The predicted molar refractivity (Wildman–Crippen MR) is 52.1 cm³/mol. The van der Waals surface area contributed by atoms with Gasteiger partial charge in [0.15, 0.2) is 5.76 Å². The van der Waals surface area contributed by atoms with Crippen molar-refractivity contribution in [3.05, 3.63) is 24.5 Å². The highest BCUT2D eigenvalue weighted by Crippen LogP contribution is 2.19. The van der Waals surface area contributed by atoms with Gasteiger partial charge in [-0.25, -0.2) is 0 Å². The Morgan fingerprint density at radius 3 is 3.21 bits per heavy atom. The van der Waals surface area contributed by atoms with Crippen LogP contribution in [0.2, 0.25) is 0 Å². The van der Waals surface area contributed by atoms with Crippen molar-refractivity contribution in [2.75, 3.05) is 6.61 Å². The molecule has 0 amide bonds. The maximum atomic E-state index is 9.31. The molecule has 0 bridgehead atoms. The standard InChI is InChI=1S/C10H15NO3/c1-3-5-6-13-10-7-9(14-11-10)8(12)4-2/h4,7-8,12H,2-3,5-6H2,1H3/t8-/m0/s1. The Kier molecular flexibility index (Phi) is 4.19. The zero-order valence-corrected chi connectivity index (χ0v) is 8.27. The van der Waals surface area contributed by atoms with Crippen LogP contribution in [0.25, 0.3) is 0 Å². The van der Waals surface area contributed by atoms with Gasteiger partial charge in [-0.3, -0.25) is 0 Å². The van der Waals surface area contributed by atoms with E-state index in [9.17, 15) is 5.11 Å². The van der Waals surface area contributed by atoms with Crippen LogP contribution < -0.4 is 4.74 Å². The summed E-state index contributed by atoms with van der Waals surface area (Å²) in [6.45, 7) is 6.14. The molecule has 1 N–H and O–H groups in total. The number of nitrogens with zero attached hydrogens (tertiary/aromatic N) is 1. The summed E-state index contributed by atoms with van der Waals surface area (Å²) in [6.07, 6.45) is 2.61. The topological polar surface area (TPSA) is 55.5 Å². The second kappa shape index (κ2) is 5.44. The van der Waals surface area contributed by atoms with Gasteiger partial charge in [-0.05, 0) is 11.6 Å². The Balaban J connectivity index is 2.46. The summed E-state index contributed by atoms with van der Waals surface area (Å²) in [7, 11) is 0. The van der Waals surface area contributed by atoms with E-state index in [1.54, 1.807) is 6.07 Å². The molecule has 1 heterocycles. The van der Waals surface area contributed by atoms with E-state index < -0.39 is 6.10 Å². The van der Waals surface area contributed by atoms with Crippen molar-refractivity contribution < 1.29 is 14.4 Å². The molecule has 0 aliphatic rings. The largest absolute Gasteiger partial charge is 0.476 e. The molecule has 0 aliphatic carbocycles. The lowest BCUT2D eigenvalue weighted by Gasteiger charge is -1.98. The normalized spacial score (nSPS) is 12.4. The zero-order chi connectivity index (χ0) is 10.4. The average molecular weight is 197 g/mol. The third kappa shape index (κ3) is 2.88. The minimum atomic E-state index is -0.814. The van der Waals surface area contributed by atoms with Gasteiger partial charge in [0.05, 0.1) is 6.61 Å². The molecule has 14 heavy (non-hydrogen) atoms. The molecule has 0 fully saturated rings. The van der Waals surface area contributed by atoms with Gasteiger partial charge in [-0.15, -0.1) is 6.58 Å². The second-order valence-electron chi connectivity index (χ2n) is 2.95. The van der Waals surface area contributed by atoms with Crippen LogP contribution in [0.1, 0.15) is 31.6 Å². The fourth-order valence-corrected chi connectivity index (χ4v) is 0.917. The summed E-state index contributed by atoms with van der Waals surface area (Å²) in [5.74, 6) is 0.765. The van der Waals surface area contributed by atoms with E-state index in [0.717, 1.165) is 12.8 Å². The number of ether oxygens (including phenoxy) is 1. The molecule has 1 aromatic rings. The van der Waals surface area contributed by atoms with Crippen LogP contribution in [-0.4, -0.2) is 16.9 Å². The lowest BCUT2D eigenvalue weighted by molar-refractivity contribution is 0.181. The van der Waals surface area contributed by atoms with Crippen LogP contribution in [0.5, 0.6) is 5.88 Å². The van der Waals surface area contributed by atoms with E-state index in [1.165, 1.54) is 6.08 Å². The summed E-state index contributed by atoms with van der Waals surface area (Å²) < 4.78 is 10.1. The molecule has 1 rings (SSSR count). The SMILES string of the molecule is C=C[C@H](O)c1cc(OCCCC)no1. The maximum Gasteiger partial charge on any atom is 0.254 e. The van der Waals surface area contributed by atoms with Gasteiger partial charge in [0.25, 0.3) is 5.88 Å². The minimum Gasteiger partial charge on any atom is -0.476 e. The van der Waals surface area contributed by atoms with Gasteiger partial charge in [0.1, 0.15) is 6.10 Å². The Hall–Kier alpha value is -1.29. The molecule has 0 saturated carbocycles. The molecular formula is C10H15NO3. The molecule has 0 aliphatic heterocycles. The Bertz CT molecular complexity index is 283. The van der Waals surface area contributed by atoms with Crippen molar-refractivity contribution in [1.29, 1.82) is 0 Å². The predicted octanol–water partition coefficient (Wildman–Crippen LogP) is 2.07. The van der Waals surface area contributed by atoms with E-state index in [1.807, 2.05) is 0 Å². The van der Waals surface area contributed by atoms with Crippen LogP contribution in [0, 0.1) is 0 Å². The highest BCUT2D eigenvalue weighted by atomic mass is 16.5. The number of hydrogen-bond donors (Lipinski definition) is 1. The molecule has 78 valence electrons. The highest BCUT2D eigenvalue weighted by Gasteiger charge is 2.10. The summed E-state index contributed by atoms with van der Waals surface area (Å²) in [5.41, 5.74) is 0. The highest BCUT2D eigenvalue weighted by molar-refractivity contribution is 5.15. The van der Waals surface area contributed by atoms with Crippen molar-refractivity contribution in [2.45, 2.75) is 25.9 Å². The van der Waals surface area contributed by atoms with E-state index in [4.69, 9.17) is 9.26 Å². The molecule has 0 unspecified atom stereocenters. The van der Waals surface area contributed by atoms with E-state index in [0.29, 0.717) is 18.2 Å². The van der Waals surface area contributed by atoms with Crippen LogP contribution in [-0.2, 0) is 0 Å². The van der Waals surface area contributed by atoms with Gasteiger partial charge in [0.2, 0.25) is 0 Å². The number of unbranched alkanes of at least 4 members (excludes halogenated alkanes) is 1. The third-order valence-corrected chi connectivity index (χ3v) is 1.77. The first-order chi connectivity index (χ1) is 6.77. The molecule has 1 aromatic heterocycles. The molecule has 0 aromatic carbocycles. The van der Waals surface area contributed by atoms with E-state index in [-0.39, 0.29) is 0 Å². The number of aromatic nitrogens is 1. The Morgan fingerprint density at radius 2 is 2.57 bits per heavy atom. The van der Waals surface area contributed by atoms with Crippen LogP contribution in [0.15, 0.2) is 23.2 Å². The monoisotopic (exact) mass is 197 g/mol. The molecule has 0 spiro atoms. The summed E-state index contributed by atoms with van der Waals surface area (Å²) in [5, 5.41) is 13.0. The number of hydrogen-bond acceptors (Lipinski definition) is 4. The van der Waals surface area contributed by atoms with Crippen molar-refractivity contribution in [3.63, 3.8) is 0 Å². The van der Waals surface area contributed by atoms with E-state index in [2.05, 4.69) is 18.7 Å². The van der Waals surface area contributed by atoms with Crippen molar-refractivity contribution in [2.24, 2.45) is 0 Å². The van der Waals surface area contributed by atoms with Gasteiger partial charge in [0, 0.05) is 6.07 Å². The smallest absolute Gasteiger partial charge is 0.254 e. The molecule has 0 radical (unpaired) electrons. The van der Waals surface area contributed by atoms with Gasteiger partial charge in [-0.2, -0.15) is 0 Å². The van der Waals surface area contributed by atoms with Crippen LogP contribution in [0.3, 0.4) is 0 Å². The number of aliphatic hydroxyl groups is 1. The summed E-state index contributed by atoms with van der Waals surface area (Å²) in [6, 6.07) is 1.57. The van der Waals surface area contributed by atoms with Crippen molar-refractivity contribution >= 4 is 0 Å². The Labute approximate surface area is 83.2 Å². The average Bonchev–Trinajstić information content (AvgIpc) is 2.66. The first kappa shape index (κ1) is 10.8. The van der Waals surface area contributed by atoms with Crippen molar-refractivity contribution in [1.82, 2.24) is 5.16 Å². The summed E-state index contributed by atoms with van der Waals surface area (Å²) >= 11 is 0. The second-order valence-corrected chi connectivity index (χ2v) is 2.95.